The molecule has 0 atom stereocenters. The maximum Gasteiger partial charge on any atom is 0.123 e. The normalized spacial score (nSPS) is 10.4. The lowest BCUT2D eigenvalue weighted by molar-refractivity contribution is 1.14. The molecular formula is C16H13BrN2S. The average molecular weight is 345 g/mol. The number of halogens is 1. The number of anilines is 1. The second-order valence-corrected chi connectivity index (χ2v) is 6.11. The number of aromatic nitrogens is 1. The van der Waals surface area contributed by atoms with Gasteiger partial charge in [0.15, 0.2) is 0 Å². The van der Waals surface area contributed by atoms with Gasteiger partial charge in [0.1, 0.15) is 5.01 Å². The van der Waals surface area contributed by atoms with Crippen LogP contribution in [0.3, 0.4) is 0 Å². The number of benzene rings is 2. The Morgan fingerprint density at radius 1 is 1.05 bits per heavy atom. The third kappa shape index (κ3) is 3.08. The van der Waals surface area contributed by atoms with Crippen molar-refractivity contribution in [3.8, 4) is 10.6 Å². The summed E-state index contributed by atoms with van der Waals surface area (Å²) >= 11 is 5.22. The molecule has 0 saturated carbocycles. The molecule has 0 spiro atoms. The van der Waals surface area contributed by atoms with Gasteiger partial charge in [-0.2, -0.15) is 0 Å². The Morgan fingerprint density at radius 2 is 1.85 bits per heavy atom. The van der Waals surface area contributed by atoms with Crippen LogP contribution < -0.4 is 5.32 Å². The summed E-state index contributed by atoms with van der Waals surface area (Å²) in [6.07, 6.45) is 1.83. The number of hydrogen-bond acceptors (Lipinski definition) is 3. The van der Waals surface area contributed by atoms with Gasteiger partial charge in [-0.25, -0.2) is 4.98 Å². The summed E-state index contributed by atoms with van der Waals surface area (Å²) in [6, 6.07) is 16.6. The summed E-state index contributed by atoms with van der Waals surface area (Å²) in [7, 11) is 0. The van der Waals surface area contributed by atoms with E-state index in [1.165, 1.54) is 5.56 Å². The largest absolute Gasteiger partial charge is 0.381 e. The van der Waals surface area contributed by atoms with Crippen molar-refractivity contribution in [3.05, 3.63) is 70.1 Å². The maximum absolute atomic E-state index is 4.31. The van der Waals surface area contributed by atoms with Gasteiger partial charge in [0.05, 0.1) is 0 Å². The number of nitrogens with one attached hydrogen (secondary N) is 1. The highest BCUT2D eigenvalue weighted by Gasteiger charge is 2.01. The molecule has 1 heterocycles. The van der Waals surface area contributed by atoms with Crippen molar-refractivity contribution in [1.82, 2.24) is 4.98 Å². The third-order valence-electron chi connectivity index (χ3n) is 3.00. The molecule has 0 unspecified atom stereocenters. The number of thiazole rings is 1. The van der Waals surface area contributed by atoms with E-state index in [4.69, 9.17) is 0 Å². The second kappa shape index (κ2) is 6.20. The first-order chi connectivity index (χ1) is 9.83. The van der Waals surface area contributed by atoms with E-state index in [0.717, 1.165) is 27.3 Å². The summed E-state index contributed by atoms with van der Waals surface area (Å²) in [6.45, 7) is 0.804. The Labute approximate surface area is 130 Å². The molecule has 0 bridgehead atoms. The Hall–Kier alpha value is -1.65. The summed E-state index contributed by atoms with van der Waals surface area (Å²) in [4.78, 5) is 4.31. The van der Waals surface area contributed by atoms with Gasteiger partial charge in [-0.1, -0.05) is 34.1 Å². The summed E-state index contributed by atoms with van der Waals surface area (Å²) in [5, 5.41) is 6.48. The van der Waals surface area contributed by atoms with Crippen molar-refractivity contribution in [1.29, 1.82) is 0 Å². The molecule has 0 fully saturated rings. The molecule has 20 heavy (non-hydrogen) atoms. The van der Waals surface area contributed by atoms with Gasteiger partial charge in [0.25, 0.3) is 0 Å². The molecule has 1 N–H and O–H groups in total. The van der Waals surface area contributed by atoms with Gasteiger partial charge in [0.2, 0.25) is 0 Å². The summed E-state index contributed by atoms with van der Waals surface area (Å²) in [5.41, 5.74) is 3.52. The molecule has 2 nitrogen and oxygen atoms in total. The molecule has 2 aromatic carbocycles. The van der Waals surface area contributed by atoms with Crippen LogP contribution in [-0.4, -0.2) is 4.98 Å². The maximum atomic E-state index is 4.31. The van der Waals surface area contributed by atoms with E-state index >= 15 is 0 Å². The van der Waals surface area contributed by atoms with Crippen molar-refractivity contribution < 1.29 is 0 Å². The summed E-state index contributed by atoms with van der Waals surface area (Å²) < 4.78 is 1.13. The first-order valence-corrected chi connectivity index (χ1v) is 7.97. The molecule has 100 valence electrons. The topological polar surface area (TPSA) is 24.9 Å². The molecule has 3 aromatic rings. The Bertz CT molecular complexity index is 678. The van der Waals surface area contributed by atoms with Crippen molar-refractivity contribution in [2.75, 3.05) is 5.32 Å². The minimum absolute atomic E-state index is 0.804. The predicted molar refractivity (Wildman–Crippen MR) is 89.0 cm³/mol. The molecule has 0 saturated heterocycles. The molecule has 4 heteroatoms. The lowest BCUT2D eigenvalue weighted by Gasteiger charge is -2.08. The minimum Gasteiger partial charge on any atom is -0.381 e. The van der Waals surface area contributed by atoms with Gasteiger partial charge < -0.3 is 5.32 Å². The van der Waals surface area contributed by atoms with Crippen molar-refractivity contribution in [2.45, 2.75) is 6.54 Å². The molecule has 0 aliphatic rings. The highest BCUT2D eigenvalue weighted by Crippen LogP contribution is 2.24. The smallest absolute Gasteiger partial charge is 0.123 e. The molecule has 0 radical (unpaired) electrons. The molecule has 0 amide bonds. The fraction of sp³-hybridized carbons (Fsp3) is 0.0625. The van der Waals surface area contributed by atoms with E-state index < -0.39 is 0 Å². The predicted octanol–water partition coefficient (Wildman–Crippen LogP) is 5.18. The van der Waals surface area contributed by atoms with Crippen LogP contribution in [0.2, 0.25) is 0 Å². The van der Waals surface area contributed by atoms with Crippen LogP contribution in [-0.2, 0) is 6.54 Å². The van der Waals surface area contributed by atoms with Gasteiger partial charge in [-0.3, -0.25) is 0 Å². The molecular weight excluding hydrogens is 332 g/mol. The molecule has 0 aliphatic carbocycles. The van der Waals surface area contributed by atoms with Crippen LogP contribution in [0, 0.1) is 0 Å². The van der Waals surface area contributed by atoms with Crippen molar-refractivity contribution in [3.63, 3.8) is 0 Å². The Kier molecular flexibility index (Phi) is 4.14. The van der Waals surface area contributed by atoms with Crippen molar-refractivity contribution >= 4 is 33.0 Å². The van der Waals surface area contributed by atoms with Gasteiger partial charge in [-0.05, 0) is 35.9 Å². The SMILES string of the molecule is Brc1ccccc1CNc1ccc(-c2nccs2)cc1. The minimum atomic E-state index is 0.804. The van der Waals surface area contributed by atoms with Crippen LogP contribution >= 0.6 is 27.3 Å². The average Bonchev–Trinajstić information content (AvgIpc) is 3.01. The summed E-state index contributed by atoms with van der Waals surface area (Å²) in [5.74, 6) is 0. The number of rotatable bonds is 4. The fourth-order valence-corrected chi connectivity index (χ4v) is 3.01. The molecule has 1 aromatic heterocycles. The standard InChI is InChI=1S/C16H13BrN2S/c17-15-4-2-1-3-13(15)11-19-14-7-5-12(6-8-14)16-18-9-10-20-16/h1-10,19H,11H2. The Balaban J connectivity index is 1.68. The van der Waals surface area contributed by atoms with Gasteiger partial charge in [-0.15, -0.1) is 11.3 Å². The van der Waals surface area contributed by atoms with Crippen molar-refractivity contribution in [2.24, 2.45) is 0 Å². The van der Waals surface area contributed by atoms with E-state index in [2.05, 4.69) is 62.6 Å². The number of hydrogen-bond donors (Lipinski definition) is 1. The first-order valence-electron chi connectivity index (χ1n) is 6.30. The van der Waals surface area contributed by atoms with E-state index in [0.29, 0.717) is 0 Å². The van der Waals surface area contributed by atoms with Crippen LogP contribution in [0.15, 0.2) is 64.6 Å². The zero-order valence-corrected chi connectivity index (χ0v) is 13.1. The lowest BCUT2D eigenvalue weighted by Crippen LogP contribution is -1.99. The lowest BCUT2D eigenvalue weighted by atomic mass is 10.2. The zero-order valence-electron chi connectivity index (χ0n) is 10.7. The van der Waals surface area contributed by atoms with Crippen LogP contribution in [0.1, 0.15) is 5.56 Å². The van der Waals surface area contributed by atoms with E-state index in [9.17, 15) is 0 Å². The zero-order chi connectivity index (χ0) is 13.8. The molecule has 3 rings (SSSR count). The second-order valence-electron chi connectivity index (χ2n) is 4.36. The van der Waals surface area contributed by atoms with Crippen LogP contribution in [0.4, 0.5) is 5.69 Å². The fourth-order valence-electron chi connectivity index (χ4n) is 1.94. The van der Waals surface area contributed by atoms with Crippen LogP contribution in [0.25, 0.3) is 10.6 Å². The highest BCUT2D eigenvalue weighted by molar-refractivity contribution is 9.10. The first kappa shape index (κ1) is 13.3. The highest BCUT2D eigenvalue weighted by atomic mass is 79.9. The molecule has 0 aliphatic heterocycles. The van der Waals surface area contributed by atoms with Gasteiger partial charge >= 0.3 is 0 Å². The third-order valence-corrected chi connectivity index (χ3v) is 4.60. The van der Waals surface area contributed by atoms with E-state index in [-0.39, 0.29) is 0 Å². The van der Waals surface area contributed by atoms with E-state index in [1.54, 1.807) is 11.3 Å². The number of nitrogens with zero attached hydrogens (tertiary/aromatic N) is 1. The monoisotopic (exact) mass is 344 g/mol. The van der Waals surface area contributed by atoms with Gasteiger partial charge in [0, 0.05) is 33.8 Å². The van der Waals surface area contributed by atoms with E-state index in [1.807, 2.05) is 23.7 Å². The quantitative estimate of drug-likeness (QED) is 0.704. The van der Waals surface area contributed by atoms with Crippen LogP contribution in [0.5, 0.6) is 0 Å². The Morgan fingerprint density at radius 3 is 2.55 bits per heavy atom.